The number of nitrogens with zero attached hydrogens (tertiary/aromatic N) is 1. The molecular formula is C7H13ClN2O. The van der Waals surface area contributed by atoms with Crippen LogP contribution in [0.3, 0.4) is 0 Å². The van der Waals surface area contributed by atoms with Gasteiger partial charge < -0.3 is 9.64 Å². The van der Waals surface area contributed by atoms with Crippen molar-refractivity contribution in [1.29, 1.82) is 5.41 Å². The third kappa shape index (κ3) is 2.07. The average molecular weight is 177 g/mol. The maximum atomic E-state index is 7.44. The van der Waals surface area contributed by atoms with E-state index in [0.717, 1.165) is 19.5 Å². The fourth-order valence-corrected chi connectivity index (χ4v) is 1.42. The first-order valence-electron chi connectivity index (χ1n) is 3.69. The highest BCUT2D eigenvalue weighted by Crippen LogP contribution is 2.11. The second-order valence-electron chi connectivity index (χ2n) is 2.67. The third-order valence-electron chi connectivity index (χ3n) is 1.99. The molecule has 1 unspecified atom stereocenters. The number of ether oxygens (including phenoxy) is 1. The van der Waals surface area contributed by atoms with Crippen LogP contribution < -0.4 is 0 Å². The van der Waals surface area contributed by atoms with Crippen molar-refractivity contribution in [2.75, 3.05) is 26.1 Å². The molecule has 0 radical (unpaired) electrons. The Morgan fingerprint density at radius 3 is 3.00 bits per heavy atom. The smallest absolute Gasteiger partial charge is 0.111 e. The van der Waals surface area contributed by atoms with E-state index in [2.05, 4.69) is 0 Å². The Kier molecular flexibility index (Phi) is 3.15. The molecule has 1 aliphatic rings. The molecule has 64 valence electrons. The summed E-state index contributed by atoms with van der Waals surface area (Å²) in [5.41, 5.74) is 0. The molecule has 0 aromatic carbocycles. The summed E-state index contributed by atoms with van der Waals surface area (Å²) in [4.78, 5) is 1.96. The summed E-state index contributed by atoms with van der Waals surface area (Å²) < 4.78 is 5.15. The SMILES string of the molecule is COC1CCN(C(=N)CCl)C1. The van der Waals surface area contributed by atoms with Gasteiger partial charge >= 0.3 is 0 Å². The lowest BCUT2D eigenvalue weighted by molar-refractivity contribution is 0.114. The Morgan fingerprint density at radius 2 is 2.55 bits per heavy atom. The molecule has 0 amide bonds. The number of amidine groups is 1. The molecule has 1 atom stereocenters. The first-order chi connectivity index (χ1) is 5.27. The van der Waals surface area contributed by atoms with E-state index in [0.29, 0.717) is 17.8 Å². The number of hydrogen-bond donors (Lipinski definition) is 1. The number of likely N-dealkylation sites (tertiary alicyclic amines) is 1. The van der Waals surface area contributed by atoms with Crippen molar-refractivity contribution < 1.29 is 4.74 Å². The van der Waals surface area contributed by atoms with Crippen molar-refractivity contribution in [3.05, 3.63) is 0 Å². The van der Waals surface area contributed by atoms with Gasteiger partial charge in [0, 0.05) is 20.2 Å². The number of rotatable bonds is 2. The molecule has 1 saturated heterocycles. The molecule has 0 saturated carbocycles. The Labute approximate surface area is 71.8 Å². The summed E-state index contributed by atoms with van der Waals surface area (Å²) in [7, 11) is 1.71. The highest BCUT2D eigenvalue weighted by atomic mass is 35.5. The predicted molar refractivity (Wildman–Crippen MR) is 45.4 cm³/mol. The van der Waals surface area contributed by atoms with Crippen LogP contribution in [0.25, 0.3) is 0 Å². The minimum absolute atomic E-state index is 0.290. The molecule has 3 nitrogen and oxygen atoms in total. The van der Waals surface area contributed by atoms with E-state index in [1.165, 1.54) is 0 Å². The van der Waals surface area contributed by atoms with Crippen molar-refractivity contribution in [1.82, 2.24) is 4.90 Å². The van der Waals surface area contributed by atoms with Crippen LogP contribution in [-0.4, -0.2) is 42.9 Å². The van der Waals surface area contributed by atoms with Gasteiger partial charge in [0.1, 0.15) is 5.84 Å². The molecule has 0 bridgehead atoms. The van der Waals surface area contributed by atoms with E-state index in [4.69, 9.17) is 21.7 Å². The molecule has 1 N–H and O–H groups in total. The largest absolute Gasteiger partial charge is 0.380 e. The predicted octanol–water partition coefficient (Wildman–Crippen LogP) is 0.923. The molecule has 0 aromatic heterocycles. The van der Waals surface area contributed by atoms with Gasteiger partial charge in [-0.1, -0.05) is 0 Å². The van der Waals surface area contributed by atoms with Crippen LogP contribution >= 0.6 is 11.6 Å². The Morgan fingerprint density at radius 1 is 1.82 bits per heavy atom. The third-order valence-corrected chi connectivity index (χ3v) is 2.24. The van der Waals surface area contributed by atoms with Crippen LogP contribution in [0, 0.1) is 5.41 Å². The molecule has 1 rings (SSSR count). The number of hydrogen-bond acceptors (Lipinski definition) is 2. The quantitative estimate of drug-likeness (QED) is 0.386. The molecule has 4 heteroatoms. The van der Waals surface area contributed by atoms with Crippen molar-refractivity contribution in [2.24, 2.45) is 0 Å². The maximum absolute atomic E-state index is 7.44. The molecule has 1 heterocycles. The fraction of sp³-hybridized carbons (Fsp3) is 0.857. The van der Waals surface area contributed by atoms with Crippen LogP contribution in [0.15, 0.2) is 0 Å². The molecule has 0 aliphatic carbocycles. The second-order valence-corrected chi connectivity index (χ2v) is 2.94. The molecule has 0 spiro atoms. The van der Waals surface area contributed by atoms with E-state index >= 15 is 0 Å². The maximum Gasteiger partial charge on any atom is 0.111 e. The van der Waals surface area contributed by atoms with Crippen LogP contribution in [0.1, 0.15) is 6.42 Å². The summed E-state index contributed by atoms with van der Waals surface area (Å²) in [5.74, 6) is 0.808. The number of alkyl halides is 1. The Hall–Kier alpha value is -0.280. The molecule has 1 aliphatic heterocycles. The summed E-state index contributed by atoms with van der Waals surface area (Å²) in [6, 6.07) is 0. The van der Waals surface area contributed by atoms with Crippen molar-refractivity contribution in [3.8, 4) is 0 Å². The van der Waals surface area contributed by atoms with Gasteiger partial charge in [-0.25, -0.2) is 0 Å². The summed E-state index contributed by atoms with van der Waals surface area (Å²) >= 11 is 5.52. The van der Waals surface area contributed by atoms with Crippen molar-refractivity contribution in [3.63, 3.8) is 0 Å². The topological polar surface area (TPSA) is 36.3 Å². The van der Waals surface area contributed by atoms with Gasteiger partial charge in [-0.3, -0.25) is 5.41 Å². The zero-order valence-corrected chi connectivity index (χ0v) is 7.40. The normalized spacial score (nSPS) is 24.2. The van der Waals surface area contributed by atoms with Gasteiger partial charge in [-0.15, -0.1) is 11.6 Å². The zero-order valence-electron chi connectivity index (χ0n) is 6.64. The lowest BCUT2D eigenvalue weighted by Crippen LogP contribution is -2.30. The first-order valence-corrected chi connectivity index (χ1v) is 4.22. The van der Waals surface area contributed by atoms with Gasteiger partial charge in [0.05, 0.1) is 12.0 Å². The van der Waals surface area contributed by atoms with E-state index < -0.39 is 0 Å². The fourth-order valence-electron chi connectivity index (χ4n) is 1.25. The average Bonchev–Trinajstić information content (AvgIpc) is 2.50. The monoisotopic (exact) mass is 176 g/mol. The van der Waals surface area contributed by atoms with Crippen molar-refractivity contribution >= 4 is 17.4 Å². The summed E-state index contributed by atoms with van der Waals surface area (Å²) in [6.07, 6.45) is 1.30. The molecule has 11 heavy (non-hydrogen) atoms. The Balaban J connectivity index is 2.35. The van der Waals surface area contributed by atoms with Gasteiger partial charge in [0.2, 0.25) is 0 Å². The lowest BCUT2D eigenvalue weighted by Gasteiger charge is -2.16. The highest BCUT2D eigenvalue weighted by molar-refractivity contribution is 6.27. The van der Waals surface area contributed by atoms with Gasteiger partial charge in [0.15, 0.2) is 0 Å². The number of halogens is 1. The number of nitrogens with one attached hydrogen (secondary N) is 1. The van der Waals surface area contributed by atoms with E-state index in [1.807, 2.05) is 4.90 Å². The summed E-state index contributed by atoms with van der Waals surface area (Å²) in [5, 5.41) is 7.44. The number of methoxy groups -OCH3 is 1. The van der Waals surface area contributed by atoms with E-state index in [9.17, 15) is 0 Å². The van der Waals surface area contributed by atoms with E-state index in [1.54, 1.807) is 7.11 Å². The highest BCUT2D eigenvalue weighted by Gasteiger charge is 2.22. The van der Waals surface area contributed by atoms with E-state index in [-0.39, 0.29) is 0 Å². The lowest BCUT2D eigenvalue weighted by atomic mass is 10.3. The van der Waals surface area contributed by atoms with Crippen LogP contribution in [-0.2, 0) is 4.74 Å². The Bertz CT molecular complexity index is 151. The van der Waals surface area contributed by atoms with Gasteiger partial charge in [-0.05, 0) is 6.42 Å². The van der Waals surface area contributed by atoms with Crippen LogP contribution in [0.2, 0.25) is 0 Å². The minimum atomic E-state index is 0.290. The molecule has 0 aromatic rings. The van der Waals surface area contributed by atoms with Gasteiger partial charge in [-0.2, -0.15) is 0 Å². The molecular weight excluding hydrogens is 164 g/mol. The zero-order chi connectivity index (χ0) is 8.27. The first kappa shape index (κ1) is 8.81. The standard InChI is InChI=1S/C7H13ClN2O/c1-11-6-2-3-10(5-6)7(9)4-8/h6,9H,2-5H2,1H3. The summed E-state index contributed by atoms with van der Waals surface area (Å²) in [6.45, 7) is 1.73. The van der Waals surface area contributed by atoms with Crippen LogP contribution in [0.4, 0.5) is 0 Å². The van der Waals surface area contributed by atoms with Crippen molar-refractivity contribution in [2.45, 2.75) is 12.5 Å². The minimum Gasteiger partial charge on any atom is -0.380 e. The van der Waals surface area contributed by atoms with Crippen LogP contribution in [0.5, 0.6) is 0 Å². The second kappa shape index (κ2) is 3.93. The van der Waals surface area contributed by atoms with Gasteiger partial charge in [0.25, 0.3) is 0 Å². The molecule has 1 fully saturated rings.